The van der Waals surface area contributed by atoms with Crippen molar-refractivity contribution in [1.29, 1.82) is 0 Å². The average Bonchev–Trinajstić information content (AvgIpc) is 2.99. The first kappa shape index (κ1) is 15.8. The number of likely N-dealkylation sites (tertiary alicyclic amines) is 1. The first-order chi connectivity index (χ1) is 9.29. The lowest BCUT2D eigenvalue weighted by atomic mass is 10.1. The molecule has 1 amide bonds. The van der Waals surface area contributed by atoms with Crippen molar-refractivity contribution in [1.82, 2.24) is 15.5 Å². The number of carbonyl (C=O) groups is 1. The van der Waals surface area contributed by atoms with Crippen molar-refractivity contribution in [3.8, 4) is 0 Å². The Bertz CT molecular complexity index is 426. The highest BCUT2D eigenvalue weighted by molar-refractivity contribution is 7.09. The van der Waals surface area contributed by atoms with Gasteiger partial charge in [0.05, 0.1) is 13.1 Å². The minimum absolute atomic E-state index is 0. The van der Waals surface area contributed by atoms with E-state index in [-0.39, 0.29) is 18.3 Å². The molecule has 0 aliphatic carbocycles. The summed E-state index contributed by atoms with van der Waals surface area (Å²) >= 11 is 1.69. The third kappa shape index (κ3) is 4.19. The number of fused-ring (bicyclic) bond motifs is 2. The Balaban J connectivity index is 0.00000147. The lowest BCUT2D eigenvalue weighted by Crippen LogP contribution is -2.41. The molecule has 0 aromatic carbocycles. The number of nitrogens with zero attached hydrogens (tertiary/aromatic N) is 1. The van der Waals surface area contributed by atoms with Gasteiger partial charge in [-0.25, -0.2) is 0 Å². The van der Waals surface area contributed by atoms with Crippen LogP contribution in [0.5, 0.6) is 0 Å². The quantitative estimate of drug-likeness (QED) is 0.887. The second-order valence-corrected chi connectivity index (χ2v) is 6.55. The molecule has 0 saturated carbocycles. The number of halogens is 1. The molecule has 3 heterocycles. The average molecular weight is 316 g/mol. The minimum atomic E-state index is 0. The van der Waals surface area contributed by atoms with E-state index in [1.165, 1.54) is 24.1 Å². The summed E-state index contributed by atoms with van der Waals surface area (Å²) in [5.74, 6) is 0.145. The third-order valence-corrected chi connectivity index (χ3v) is 4.89. The highest BCUT2D eigenvalue weighted by Crippen LogP contribution is 2.20. The molecule has 2 unspecified atom stereocenters. The summed E-state index contributed by atoms with van der Waals surface area (Å²) in [4.78, 5) is 15.5. The summed E-state index contributed by atoms with van der Waals surface area (Å²) in [6.45, 7) is 3.26. The normalized spacial score (nSPS) is 25.8. The van der Waals surface area contributed by atoms with Crippen molar-refractivity contribution in [2.75, 3.05) is 19.6 Å². The predicted octanol–water partition coefficient (Wildman–Crippen LogP) is 1.61. The van der Waals surface area contributed by atoms with E-state index in [0.29, 0.717) is 25.2 Å². The molecule has 0 radical (unpaired) electrons. The first-order valence-electron chi connectivity index (χ1n) is 7.07. The Morgan fingerprint density at radius 2 is 2.25 bits per heavy atom. The number of rotatable bonds is 4. The SMILES string of the molecule is Cl.O=C(CN1CCC2CCC(C1)N2)NCc1cccs1. The molecule has 6 heteroatoms. The van der Waals surface area contributed by atoms with E-state index < -0.39 is 0 Å². The molecule has 20 heavy (non-hydrogen) atoms. The summed E-state index contributed by atoms with van der Waals surface area (Å²) < 4.78 is 0. The smallest absolute Gasteiger partial charge is 0.234 e. The van der Waals surface area contributed by atoms with Crippen LogP contribution in [0.15, 0.2) is 17.5 Å². The fraction of sp³-hybridized carbons (Fsp3) is 0.643. The van der Waals surface area contributed by atoms with Crippen molar-refractivity contribution >= 4 is 29.7 Å². The molecule has 4 nitrogen and oxygen atoms in total. The van der Waals surface area contributed by atoms with Crippen molar-refractivity contribution in [2.24, 2.45) is 0 Å². The van der Waals surface area contributed by atoms with Gasteiger partial charge in [0.1, 0.15) is 0 Å². The van der Waals surface area contributed by atoms with Gasteiger partial charge in [-0.05, 0) is 30.7 Å². The van der Waals surface area contributed by atoms with Gasteiger partial charge < -0.3 is 10.6 Å². The van der Waals surface area contributed by atoms with Crippen LogP contribution in [0.25, 0.3) is 0 Å². The summed E-state index contributed by atoms with van der Waals surface area (Å²) in [5, 5.41) is 8.69. The summed E-state index contributed by atoms with van der Waals surface area (Å²) in [6, 6.07) is 5.35. The second-order valence-electron chi connectivity index (χ2n) is 5.52. The summed E-state index contributed by atoms with van der Waals surface area (Å²) in [6.07, 6.45) is 3.75. The van der Waals surface area contributed by atoms with Gasteiger partial charge in [-0.2, -0.15) is 0 Å². The van der Waals surface area contributed by atoms with Crippen LogP contribution in [-0.2, 0) is 11.3 Å². The van der Waals surface area contributed by atoms with Crippen LogP contribution in [0.4, 0.5) is 0 Å². The Labute approximate surface area is 130 Å². The Hall–Kier alpha value is -0.620. The Morgan fingerprint density at radius 1 is 1.40 bits per heavy atom. The summed E-state index contributed by atoms with van der Waals surface area (Å²) in [5.41, 5.74) is 0. The molecule has 2 aliphatic heterocycles. The molecular formula is C14H22ClN3OS. The molecule has 2 fully saturated rings. The van der Waals surface area contributed by atoms with Gasteiger partial charge in [-0.1, -0.05) is 6.07 Å². The lowest BCUT2D eigenvalue weighted by molar-refractivity contribution is -0.122. The zero-order chi connectivity index (χ0) is 13.1. The highest BCUT2D eigenvalue weighted by Gasteiger charge is 2.29. The predicted molar refractivity (Wildman–Crippen MR) is 84.4 cm³/mol. The maximum absolute atomic E-state index is 12.0. The molecule has 2 bridgehead atoms. The molecule has 1 aromatic heterocycles. The van der Waals surface area contributed by atoms with E-state index in [9.17, 15) is 4.79 Å². The van der Waals surface area contributed by atoms with E-state index >= 15 is 0 Å². The van der Waals surface area contributed by atoms with Gasteiger partial charge >= 0.3 is 0 Å². The van der Waals surface area contributed by atoms with Gasteiger partial charge in [-0.15, -0.1) is 23.7 Å². The molecule has 2 atom stereocenters. The zero-order valence-electron chi connectivity index (χ0n) is 11.5. The van der Waals surface area contributed by atoms with Gasteiger partial charge in [-0.3, -0.25) is 9.69 Å². The largest absolute Gasteiger partial charge is 0.350 e. The number of carbonyl (C=O) groups excluding carboxylic acids is 1. The van der Waals surface area contributed by atoms with E-state index in [0.717, 1.165) is 13.1 Å². The van der Waals surface area contributed by atoms with Gasteiger partial charge in [0.15, 0.2) is 0 Å². The molecule has 112 valence electrons. The van der Waals surface area contributed by atoms with Crippen LogP contribution in [0.1, 0.15) is 24.1 Å². The fourth-order valence-corrected chi connectivity index (χ4v) is 3.66. The van der Waals surface area contributed by atoms with Crippen LogP contribution >= 0.6 is 23.7 Å². The van der Waals surface area contributed by atoms with E-state index in [2.05, 4.69) is 21.6 Å². The van der Waals surface area contributed by atoms with Crippen molar-refractivity contribution in [3.05, 3.63) is 22.4 Å². The topological polar surface area (TPSA) is 44.4 Å². The molecule has 2 saturated heterocycles. The van der Waals surface area contributed by atoms with E-state index in [4.69, 9.17) is 0 Å². The number of hydrogen-bond donors (Lipinski definition) is 2. The Kier molecular flexibility index (Phi) is 5.84. The van der Waals surface area contributed by atoms with E-state index in [1.54, 1.807) is 11.3 Å². The zero-order valence-corrected chi connectivity index (χ0v) is 13.1. The standard InChI is InChI=1S/C14H21N3OS.ClH/c18-14(15-8-13-2-1-7-19-13)10-17-6-5-11-3-4-12(9-17)16-11;/h1-2,7,11-12,16H,3-6,8-10H2,(H,15,18);1H. The molecule has 1 aromatic rings. The second kappa shape index (κ2) is 7.41. The molecule has 0 spiro atoms. The molecule has 2 aliphatic rings. The van der Waals surface area contributed by atoms with Crippen molar-refractivity contribution < 1.29 is 4.79 Å². The maximum atomic E-state index is 12.0. The highest BCUT2D eigenvalue weighted by atomic mass is 35.5. The molecular weight excluding hydrogens is 294 g/mol. The van der Waals surface area contributed by atoms with Gasteiger partial charge in [0, 0.05) is 30.1 Å². The van der Waals surface area contributed by atoms with Crippen LogP contribution in [-0.4, -0.2) is 42.5 Å². The van der Waals surface area contributed by atoms with Crippen LogP contribution < -0.4 is 10.6 Å². The van der Waals surface area contributed by atoms with Crippen molar-refractivity contribution in [2.45, 2.75) is 37.9 Å². The molecule has 3 rings (SSSR count). The van der Waals surface area contributed by atoms with Crippen molar-refractivity contribution in [3.63, 3.8) is 0 Å². The van der Waals surface area contributed by atoms with E-state index in [1.807, 2.05) is 11.4 Å². The monoisotopic (exact) mass is 315 g/mol. The minimum Gasteiger partial charge on any atom is -0.350 e. The maximum Gasteiger partial charge on any atom is 0.234 e. The number of hydrogen-bond acceptors (Lipinski definition) is 4. The van der Waals surface area contributed by atoms with Crippen LogP contribution in [0, 0.1) is 0 Å². The third-order valence-electron chi connectivity index (χ3n) is 4.01. The Morgan fingerprint density at radius 3 is 3.05 bits per heavy atom. The number of thiophene rings is 1. The molecule has 2 N–H and O–H groups in total. The van der Waals surface area contributed by atoms with Gasteiger partial charge in [0.25, 0.3) is 0 Å². The first-order valence-corrected chi connectivity index (χ1v) is 7.95. The van der Waals surface area contributed by atoms with Gasteiger partial charge in [0.2, 0.25) is 5.91 Å². The van der Waals surface area contributed by atoms with Crippen LogP contribution in [0.3, 0.4) is 0 Å². The fourth-order valence-electron chi connectivity index (χ4n) is 3.02. The number of amides is 1. The lowest BCUT2D eigenvalue weighted by Gasteiger charge is -2.23. The summed E-state index contributed by atoms with van der Waals surface area (Å²) in [7, 11) is 0. The number of nitrogens with one attached hydrogen (secondary N) is 2. The van der Waals surface area contributed by atoms with Crippen LogP contribution in [0.2, 0.25) is 0 Å².